The van der Waals surface area contributed by atoms with Gasteiger partial charge in [0.15, 0.2) is 0 Å². The maximum atomic E-state index is 9.56. The molecule has 1 rings (SSSR count). The third-order valence-electron chi connectivity index (χ3n) is 1.99. The molecule has 0 spiro atoms. The van der Waals surface area contributed by atoms with Crippen molar-refractivity contribution in [3.8, 4) is 0 Å². The van der Waals surface area contributed by atoms with E-state index >= 15 is 0 Å². The van der Waals surface area contributed by atoms with E-state index in [4.69, 9.17) is 0 Å². The first-order chi connectivity index (χ1) is 6.59. The van der Waals surface area contributed by atoms with E-state index in [1.165, 1.54) is 0 Å². The molecule has 2 N–H and O–H groups in total. The van der Waals surface area contributed by atoms with Crippen LogP contribution in [0.4, 0.5) is 5.69 Å². The number of hydrogen-bond donors (Lipinski definition) is 2. The number of pyridine rings is 1. The summed E-state index contributed by atoms with van der Waals surface area (Å²) in [5.41, 5.74) is 0.916. The molecule has 0 saturated carbocycles. The summed E-state index contributed by atoms with van der Waals surface area (Å²) in [5.74, 6) is 0.266. The van der Waals surface area contributed by atoms with E-state index in [2.05, 4.69) is 26.2 Å². The molecule has 0 radical (unpaired) electrons. The lowest BCUT2D eigenvalue weighted by atomic mass is 10.1. The summed E-state index contributed by atoms with van der Waals surface area (Å²) in [6.07, 6.45) is 3.14. The van der Waals surface area contributed by atoms with Gasteiger partial charge in [0.25, 0.3) is 0 Å². The second-order valence-electron chi connectivity index (χ2n) is 3.58. The monoisotopic (exact) mass is 258 g/mol. The number of anilines is 1. The van der Waals surface area contributed by atoms with Gasteiger partial charge in [0.1, 0.15) is 0 Å². The number of nitrogens with one attached hydrogen (secondary N) is 1. The van der Waals surface area contributed by atoms with Crippen molar-refractivity contribution >= 4 is 21.6 Å². The second kappa shape index (κ2) is 5.32. The van der Waals surface area contributed by atoms with E-state index in [1.54, 1.807) is 12.4 Å². The molecule has 78 valence electrons. The molecule has 0 saturated heterocycles. The summed E-state index contributed by atoms with van der Waals surface area (Å²) in [7, 11) is 0. The molecule has 1 atom stereocenters. The fraction of sp³-hybridized carbons (Fsp3) is 0.500. The first-order valence-corrected chi connectivity index (χ1v) is 5.41. The molecule has 0 amide bonds. The van der Waals surface area contributed by atoms with Gasteiger partial charge in [0.2, 0.25) is 0 Å². The van der Waals surface area contributed by atoms with Crippen LogP contribution < -0.4 is 5.32 Å². The van der Waals surface area contributed by atoms with Gasteiger partial charge in [-0.15, -0.1) is 0 Å². The van der Waals surface area contributed by atoms with Crippen molar-refractivity contribution in [2.45, 2.75) is 20.0 Å². The summed E-state index contributed by atoms with van der Waals surface area (Å²) in [4.78, 5) is 4.02. The Labute approximate surface area is 92.7 Å². The number of hydrogen-bond acceptors (Lipinski definition) is 3. The Morgan fingerprint density at radius 2 is 2.21 bits per heavy atom. The summed E-state index contributed by atoms with van der Waals surface area (Å²) in [6, 6.07) is 1.93. The molecule has 4 heteroatoms. The Kier molecular flexibility index (Phi) is 4.35. The lowest BCUT2D eigenvalue weighted by Gasteiger charge is -2.15. The van der Waals surface area contributed by atoms with E-state index in [1.807, 2.05) is 19.9 Å². The number of nitrogens with zero attached hydrogens (tertiary/aromatic N) is 1. The summed E-state index contributed by atoms with van der Waals surface area (Å²) >= 11 is 3.33. The third kappa shape index (κ3) is 3.64. The zero-order valence-corrected chi connectivity index (χ0v) is 9.95. The van der Waals surface area contributed by atoms with Gasteiger partial charge >= 0.3 is 0 Å². The molecule has 14 heavy (non-hydrogen) atoms. The van der Waals surface area contributed by atoms with Crippen LogP contribution in [0.25, 0.3) is 0 Å². The maximum absolute atomic E-state index is 9.56. The van der Waals surface area contributed by atoms with Gasteiger partial charge in [0, 0.05) is 17.2 Å². The largest absolute Gasteiger partial charge is 0.391 e. The summed E-state index contributed by atoms with van der Waals surface area (Å²) < 4.78 is 0.932. The highest BCUT2D eigenvalue weighted by Crippen LogP contribution is 2.14. The zero-order chi connectivity index (χ0) is 10.6. The van der Waals surface area contributed by atoms with Crippen LogP contribution in [0.3, 0.4) is 0 Å². The van der Waals surface area contributed by atoms with E-state index in [9.17, 15) is 5.11 Å². The predicted molar refractivity (Wildman–Crippen MR) is 61.3 cm³/mol. The first kappa shape index (κ1) is 11.5. The number of aliphatic hydroxyl groups is 1. The molecule has 0 aliphatic heterocycles. The lowest BCUT2D eigenvalue weighted by molar-refractivity contribution is 0.138. The van der Waals surface area contributed by atoms with Crippen molar-refractivity contribution in [3.05, 3.63) is 22.9 Å². The second-order valence-corrected chi connectivity index (χ2v) is 4.50. The van der Waals surface area contributed by atoms with Crippen LogP contribution in [0.5, 0.6) is 0 Å². The number of aliphatic hydroxyl groups excluding tert-OH is 1. The molecule has 0 bridgehead atoms. The molecule has 1 heterocycles. The fourth-order valence-corrected chi connectivity index (χ4v) is 1.33. The highest BCUT2D eigenvalue weighted by atomic mass is 79.9. The average Bonchev–Trinajstić information content (AvgIpc) is 2.14. The topological polar surface area (TPSA) is 45.1 Å². The van der Waals surface area contributed by atoms with Crippen molar-refractivity contribution in [1.82, 2.24) is 4.98 Å². The minimum Gasteiger partial charge on any atom is -0.391 e. The highest BCUT2D eigenvalue weighted by molar-refractivity contribution is 9.10. The summed E-state index contributed by atoms with van der Waals surface area (Å²) in [5, 5.41) is 12.7. The Morgan fingerprint density at radius 1 is 1.50 bits per heavy atom. The lowest BCUT2D eigenvalue weighted by Crippen LogP contribution is -2.24. The van der Waals surface area contributed by atoms with Gasteiger partial charge in [-0.25, -0.2) is 0 Å². The van der Waals surface area contributed by atoms with Crippen LogP contribution in [0.2, 0.25) is 0 Å². The van der Waals surface area contributed by atoms with Crippen molar-refractivity contribution in [2.75, 3.05) is 11.9 Å². The van der Waals surface area contributed by atoms with Crippen LogP contribution in [-0.2, 0) is 0 Å². The van der Waals surface area contributed by atoms with Crippen LogP contribution in [-0.4, -0.2) is 22.7 Å². The zero-order valence-electron chi connectivity index (χ0n) is 8.37. The number of halogens is 1. The molecule has 0 aliphatic carbocycles. The Bertz CT molecular complexity index is 291. The van der Waals surface area contributed by atoms with Crippen LogP contribution >= 0.6 is 15.9 Å². The van der Waals surface area contributed by atoms with E-state index in [0.29, 0.717) is 6.54 Å². The molecular weight excluding hydrogens is 244 g/mol. The fourth-order valence-electron chi connectivity index (χ4n) is 0.967. The van der Waals surface area contributed by atoms with Gasteiger partial charge < -0.3 is 10.4 Å². The molecule has 1 aromatic heterocycles. The van der Waals surface area contributed by atoms with E-state index in [0.717, 1.165) is 10.2 Å². The molecule has 1 aromatic rings. The van der Waals surface area contributed by atoms with Crippen LogP contribution in [0.15, 0.2) is 22.9 Å². The minimum absolute atomic E-state index is 0.266. The molecular formula is C10H15BrN2O. The normalized spacial score (nSPS) is 12.9. The number of aromatic nitrogens is 1. The highest BCUT2D eigenvalue weighted by Gasteiger charge is 2.08. The maximum Gasteiger partial charge on any atom is 0.0735 e. The SMILES string of the molecule is CC(C)C(O)CNc1cncc(Br)c1. The van der Waals surface area contributed by atoms with Crippen LogP contribution in [0, 0.1) is 5.92 Å². The smallest absolute Gasteiger partial charge is 0.0735 e. The Morgan fingerprint density at radius 3 is 2.79 bits per heavy atom. The summed E-state index contributed by atoms with van der Waals surface area (Å²) in [6.45, 7) is 4.53. The van der Waals surface area contributed by atoms with E-state index < -0.39 is 0 Å². The first-order valence-electron chi connectivity index (χ1n) is 4.62. The Hall–Kier alpha value is -0.610. The van der Waals surface area contributed by atoms with Gasteiger partial charge in [-0.05, 0) is 27.9 Å². The molecule has 0 aliphatic rings. The van der Waals surface area contributed by atoms with Crippen molar-refractivity contribution < 1.29 is 5.11 Å². The van der Waals surface area contributed by atoms with Crippen molar-refractivity contribution in [3.63, 3.8) is 0 Å². The molecule has 0 fully saturated rings. The minimum atomic E-state index is -0.325. The third-order valence-corrected chi connectivity index (χ3v) is 2.42. The molecule has 0 aromatic carbocycles. The Balaban J connectivity index is 2.45. The van der Waals surface area contributed by atoms with Gasteiger partial charge in [-0.2, -0.15) is 0 Å². The number of rotatable bonds is 4. The van der Waals surface area contributed by atoms with Gasteiger partial charge in [-0.3, -0.25) is 4.98 Å². The predicted octanol–water partition coefficient (Wildman–Crippen LogP) is 2.27. The van der Waals surface area contributed by atoms with Crippen molar-refractivity contribution in [2.24, 2.45) is 5.92 Å². The standard InChI is InChI=1S/C10H15BrN2O/c1-7(2)10(14)6-13-9-3-8(11)4-12-5-9/h3-5,7,10,13-14H,6H2,1-2H3. The van der Waals surface area contributed by atoms with Gasteiger partial charge in [-0.1, -0.05) is 13.8 Å². The van der Waals surface area contributed by atoms with Crippen molar-refractivity contribution in [1.29, 1.82) is 0 Å². The van der Waals surface area contributed by atoms with E-state index in [-0.39, 0.29) is 12.0 Å². The van der Waals surface area contributed by atoms with Crippen LogP contribution in [0.1, 0.15) is 13.8 Å². The molecule has 3 nitrogen and oxygen atoms in total. The molecule has 1 unspecified atom stereocenters. The van der Waals surface area contributed by atoms with Gasteiger partial charge in [0.05, 0.1) is 18.0 Å². The quantitative estimate of drug-likeness (QED) is 0.871. The average molecular weight is 259 g/mol.